The van der Waals surface area contributed by atoms with E-state index in [1.54, 1.807) is 0 Å². The van der Waals surface area contributed by atoms with Gasteiger partial charge in [0.25, 0.3) is 0 Å². The van der Waals surface area contributed by atoms with Crippen LogP contribution in [-0.2, 0) is 0 Å². The van der Waals surface area contributed by atoms with E-state index < -0.39 is 0 Å². The molecule has 0 aliphatic heterocycles. The van der Waals surface area contributed by atoms with Gasteiger partial charge in [0, 0.05) is 19.1 Å². The molecule has 2 nitrogen and oxygen atoms in total. The van der Waals surface area contributed by atoms with Gasteiger partial charge in [-0.25, -0.2) is 0 Å². The normalized spacial score (nSPS) is 9.00. The van der Waals surface area contributed by atoms with Crippen LogP contribution in [0.25, 0.3) is 0 Å². The van der Waals surface area contributed by atoms with E-state index in [2.05, 4.69) is 0 Å². The molecule has 0 fully saturated rings. The van der Waals surface area contributed by atoms with Gasteiger partial charge in [0.1, 0.15) is 0 Å². The summed E-state index contributed by atoms with van der Waals surface area (Å²) < 4.78 is 0. The molecule has 0 aromatic carbocycles. The fourth-order valence-corrected chi connectivity index (χ4v) is 0.316. The summed E-state index contributed by atoms with van der Waals surface area (Å²) >= 11 is 0. The van der Waals surface area contributed by atoms with Crippen LogP contribution in [0.4, 0.5) is 0 Å². The third-order valence-electron chi connectivity index (χ3n) is 1.09. The summed E-state index contributed by atoms with van der Waals surface area (Å²) in [5.74, 6) is 0.0972. The summed E-state index contributed by atoms with van der Waals surface area (Å²) in [6, 6.07) is 0. The summed E-state index contributed by atoms with van der Waals surface area (Å²) in [5.41, 5.74) is 0. The van der Waals surface area contributed by atoms with Crippen LogP contribution in [0, 0.1) is 5.92 Å². The van der Waals surface area contributed by atoms with Gasteiger partial charge in [-0.3, -0.25) is 0 Å². The van der Waals surface area contributed by atoms with Crippen LogP contribution >= 0.6 is 0 Å². The van der Waals surface area contributed by atoms with Crippen molar-refractivity contribution in [2.24, 2.45) is 5.92 Å². The number of rotatable bonds is 3. The van der Waals surface area contributed by atoms with Crippen LogP contribution in [0.5, 0.6) is 0 Å². The van der Waals surface area contributed by atoms with E-state index in [9.17, 15) is 0 Å². The van der Waals surface area contributed by atoms with Gasteiger partial charge >= 0.3 is 0 Å². The van der Waals surface area contributed by atoms with E-state index >= 15 is 0 Å². The van der Waals surface area contributed by atoms with Gasteiger partial charge in [-0.05, 0) is 6.42 Å². The Bertz CT molecular complexity index is 28.0. The highest BCUT2D eigenvalue weighted by molar-refractivity contribution is 4.49. The van der Waals surface area contributed by atoms with Crippen LogP contribution in [-0.4, -0.2) is 23.4 Å². The van der Waals surface area contributed by atoms with Crippen molar-refractivity contribution in [1.29, 1.82) is 0 Å². The lowest BCUT2D eigenvalue weighted by atomic mass is 10.1. The lowest BCUT2D eigenvalue weighted by Crippen LogP contribution is -2.08. The summed E-state index contributed by atoms with van der Waals surface area (Å²) in [5, 5.41) is 16.7. The van der Waals surface area contributed by atoms with Crippen molar-refractivity contribution in [1.82, 2.24) is 0 Å². The van der Waals surface area contributed by atoms with E-state index in [1.165, 1.54) is 0 Å². The first kappa shape index (κ1) is 10.8. The number of aliphatic hydroxyl groups excluding tert-OH is 2. The molecule has 0 aromatic heterocycles. The van der Waals surface area contributed by atoms with Crippen LogP contribution < -0.4 is 0 Å². The maximum absolute atomic E-state index is 8.37. The summed E-state index contributed by atoms with van der Waals surface area (Å²) in [7, 11) is 0. The molecule has 0 aliphatic rings. The first-order valence-electron chi connectivity index (χ1n) is 2.56. The van der Waals surface area contributed by atoms with Crippen LogP contribution in [0.2, 0.25) is 0 Å². The molecule has 0 saturated carbocycles. The molecule has 0 spiro atoms. The molecule has 0 unspecified atom stereocenters. The molecule has 2 heteroatoms. The third kappa shape index (κ3) is 4.09. The Kier molecular flexibility index (Phi) is 9.36. The molecular formula is C6H16O2. The third-order valence-corrected chi connectivity index (χ3v) is 1.09. The minimum absolute atomic E-state index is 0. The molecule has 0 aromatic rings. The minimum atomic E-state index is 0. The average molecular weight is 120 g/mol. The maximum Gasteiger partial charge on any atom is 0.0481 e. The zero-order chi connectivity index (χ0) is 5.70. The molecule has 0 bridgehead atoms. The van der Waals surface area contributed by atoms with Crippen molar-refractivity contribution in [3.05, 3.63) is 0 Å². The molecule has 0 heterocycles. The van der Waals surface area contributed by atoms with Gasteiger partial charge in [-0.15, -0.1) is 0 Å². The van der Waals surface area contributed by atoms with E-state index in [-0.39, 0.29) is 26.6 Å². The van der Waals surface area contributed by atoms with Crippen LogP contribution in [0.15, 0.2) is 0 Å². The second-order valence-electron chi connectivity index (χ2n) is 1.64. The second kappa shape index (κ2) is 6.92. The van der Waals surface area contributed by atoms with Gasteiger partial charge in [0.05, 0.1) is 0 Å². The highest BCUT2D eigenvalue weighted by atomic mass is 16.3. The second-order valence-corrected chi connectivity index (χ2v) is 1.64. The Morgan fingerprint density at radius 2 is 1.62 bits per heavy atom. The van der Waals surface area contributed by atoms with Gasteiger partial charge in [0.2, 0.25) is 0 Å². The quantitative estimate of drug-likeness (QED) is 0.573. The van der Waals surface area contributed by atoms with Crippen molar-refractivity contribution < 1.29 is 10.2 Å². The average Bonchev–Trinajstić information content (AvgIpc) is 1.72. The van der Waals surface area contributed by atoms with Gasteiger partial charge in [-0.2, -0.15) is 0 Å². The summed E-state index contributed by atoms with van der Waals surface area (Å²) in [6.45, 7) is 2.15. The fourth-order valence-electron chi connectivity index (χ4n) is 0.316. The summed E-state index contributed by atoms with van der Waals surface area (Å²) in [4.78, 5) is 0. The van der Waals surface area contributed by atoms with Gasteiger partial charge in [0.15, 0.2) is 0 Å². The highest BCUT2D eigenvalue weighted by Gasteiger charge is 1.98. The summed E-state index contributed by atoms with van der Waals surface area (Å²) in [6.07, 6.45) is 0.854. The molecule has 52 valence electrons. The molecule has 0 saturated heterocycles. The van der Waals surface area contributed by atoms with Crippen LogP contribution in [0.3, 0.4) is 0 Å². The van der Waals surface area contributed by atoms with E-state index in [1.807, 2.05) is 6.92 Å². The Labute approximate surface area is 51.2 Å². The topological polar surface area (TPSA) is 40.5 Å². The molecule has 0 radical (unpaired) electrons. The molecule has 0 atom stereocenters. The van der Waals surface area contributed by atoms with Crippen molar-refractivity contribution in [2.75, 3.05) is 13.2 Å². The van der Waals surface area contributed by atoms with Crippen LogP contribution in [0.1, 0.15) is 20.8 Å². The zero-order valence-corrected chi connectivity index (χ0v) is 4.59. The SMILES string of the molecule is C.CCC(CO)CO. The lowest BCUT2D eigenvalue weighted by molar-refractivity contribution is 0.147. The van der Waals surface area contributed by atoms with Crippen molar-refractivity contribution in [3.8, 4) is 0 Å². The molecule has 0 amide bonds. The zero-order valence-electron chi connectivity index (χ0n) is 4.59. The van der Waals surface area contributed by atoms with Crippen molar-refractivity contribution >= 4 is 0 Å². The predicted octanol–water partition coefficient (Wildman–Crippen LogP) is 0.633. The predicted molar refractivity (Wildman–Crippen MR) is 34.7 cm³/mol. The smallest absolute Gasteiger partial charge is 0.0481 e. The largest absolute Gasteiger partial charge is 0.396 e. The molecule has 8 heavy (non-hydrogen) atoms. The molecule has 2 N–H and O–H groups in total. The first-order valence-corrected chi connectivity index (χ1v) is 2.56. The van der Waals surface area contributed by atoms with E-state index in [0.717, 1.165) is 6.42 Å². The monoisotopic (exact) mass is 120 g/mol. The standard InChI is InChI=1S/C5H12O2.CH4/c1-2-5(3-6)4-7;/h5-7H,2-4H2,1H3;1H4. The highest BCUT2D eigenvalue weighted by Crippen LogP contribution is 1.96. The number of aliphatic hydroxyl groups is 2. The number of hydrogen-bond donors (Lipinski definition) is 2. The van der Waals surface area contributed by atoms with E-state index in [0.29, 0.717) is 0 Å². The maximum atomic E-state index is 8.37. The molecule has 0 aliphatic carbocycles. The Morgan fingerprint density at radius 1 is 1.25 bits per heavy atom. The van der Waals surface area contributed by atoms with Crippen molar-refractivity contribution in [2.45, 2.75) is 20.8 Å². The van der Waals surface area contributed by atoms with Gasteiger partial charge < -0.3 is 10.2 Å². The Hall–Kier alpha value is -0.0800. The molecular weight excluding hydrogens is 104 g/mol. The Morgan fingerprint density at radius 3 is 1.62 bits per heavy atom. The first-order chi connectivity index (χ1) is 3.35. The van der Waals surface area contributed by atoms with Gasteiger partial charge in [-0.1, -0.05) is 14.4 Å². The van der Waals surface area contributed by atoms with E-state index in [4.69, 9.17) is 10.2 Å². The lowest BCUT2D eigenvalue weighted by Gasteiger charge is -2.03. The molecule has 0 rings (SSSR count). The fraction of sp³-hybridized carbons (Fsp3) is 1.00. The minimum Gasteiger partial charge on any atom is -0.396 e. The Balaban J connectivity index is 0. The number of hydrogen-bond acceptors (Lipinski definition) is 2. The van der Waals surface area contributed by atoms with Crippen molar-refractivity contribution in [3.63, 3.8) is 0 Å².